The van der Waals surface area contributed by atoms with E-state index in [0.29, 0.717) is 0 Å². The Kier molecular flexibility index (Phi) is 4.15. The fourth-order valence-electron chi connectivity index (χ4n) is 1.18. The third-order valence-corrected chi connectivity index (χ3v) is 1.88. The Morgan fingerprint density at radius 2 is 2.20 bits per heavy atom. The molecule has 0 heterocycles. The van der Waals surface area contributed by atoms with Crippen LogP contribution >= 0.6 is 0 Å². The largest absolute Gasteiger partial charge is 0.449 e. The summed E-state index contributed by atoms with van der Waals surface area (Å²) >= 11 is 0. The minimum Gasteiger partial charge on any atom is -0.449 e. The van der Waals surface area contributed by atoms with Crippen LogP contribution in [-0.4, -0.2) is 24.1 Å². The molecule has 1 amide bonds. The molecule has 0 aromatic heterocycles. The van der Waals surface area contributed by atoms with Crippen molar-refractivity contribution in [3.63, 3.8) is 0 Å². The number of benzene rings is 1. The Morgan fingerprint density at radius 3 is 2.73 bits per heavy atom. The lowest BCUT2D eigenvalue weighted by atomic mass is 10.0. The Hall–Kier alpha value is -2.04. The molecule has 1 rings (SSSR count). The Morgan fingerprint density at radius 1 is 1.53 bits per heavy atom. The lowest BCUT2D eigenvalue weighted by Crippen LogP contribution is -2.18. The van der Waals surface area contributed by atoms with E-state index in [-0.39, 0.29) is 12.5 Å². The van der Waals surface area contributed by atoms with E-state index < -0.39 is 6.09 Å². The molecule has 0 radical (unpaired) electrons. The van der Waals surface area contributed by atoms with E-state index in [1.165, 1.54) is 6.21 Å². The van der Waals surface area contributed by atoms with Gasteiger partial charge in [-0.3, -0.25) is 0 Å². The lowest BCUT2D eigenvalue weighted by molar-refractivity contribution is 0.155. The molecule has 0 saturated carbocycles. The maximum Gasteiger partial charge on any atom is 0.404 e. The van der Waals surface area contributed by atoms with Gasteiger partial charge in [0, 0.05) is 0 Å². The van der Waals surface area contributed by atoms with Gasteiger partial charge in [0.1, 0.15) is 6.61 Å². The van der Waals surface area contributed by atoms with Gasteiger partial charge in [-0.2, -0.15) is 0 Å². The molecule has 1 aromatic rings. The zero-order valence-corrected chi connectivity index (χ0v) is 8.04. The van der Waals surface area contributed by atoms with Gasteiger partial charge in [0.05, 0.1) is 12.1 Å². The average molecular weight is 208 g/mol. The molecule has 0 aliphatic heterocycles. The monoisotopic (exact) mass is 208 g/mol. The molecule has 0 bridgehead atoms. The Bertz CT molecular complexity index is 338. The van der Waals surface area contributed by atoms with Gasteiger partial charge in [-0.25, -0.2) is 4.79 Å². The van der Waals surface area contributed by atoms with Crippen molar-refractivity contribution in [2.24, 2.45) is 10.9 Å². The molecule has 5 heteroatoms. The second-order valence-electron chi connectivity index (χ2n) is 2.91. The van der Waals surface area contributed by atoms with Crippen LogP contribution in [0.15, 0.2) is 35.5 Å². The molecule has 0 saturated heterocycles. The molecule has 0 aliphatic rings. The number of carbonyl (C=O) groups is 1. The van der Waals surface area contributed by atoms with Crippen molar-refractivity contribution in [3.05, 3.63) is 35.9 Å². The van der Waals surface area contributed by atoms with Gasteiger partial charge in [-0.15, -0.1) is 5.16 Å². The molecule has 0 aliphatic carbocycles. The second-order valence-corrected chi connectivity index (χ2v) is 2.91. The number of nitrogens with two attached hydrogens (primary N) is 1. The van der Waals surface area contributed by atoms with Crippen molar-refractivity contribution in [1.29, 1.82) is 0 Å². The fourth-order valence-corrected chi connectivity index (χ4v) is 1.18. The number of ether oxygens (including phenoxy) is 1. The first-order valence-electron chi connectivity index (χ1n) is 4.38. The van der Waals surface area contributed by atoms with E-state index in [1.807, 2.05) is 30.3 Å². The van der Waals surface area contributed by atoms with Crippen LogP contribution < -0.4 is 5.73 Å². The van der Waals surface area contributed by atoms with E-state index in [4.69, 9.17) is 10.9 Å². The molecule has 0 spiro atoms. The summed E-state index contributed by atoms with van der Waals surface area (Å²) in [6.45, 7) is 0.0589. The van der Waals surface area contributed by atoms with Gasteiger partial charge in [-0.1, -0.05) is 30.3 Å². The van der Waals surface area contributed by atoms with Crippen molar-refractivity contribution < 1.29 is 14.7 Å². The fraction of sp³-hybridized carbons (Fsp3) is 0.200. The number of rotatable bonds is 4. The summed E-state index contributed by atoms with van der Waals surface area (Å²) in [5.41, 5.74) is 5.73. The van der Waals surface area contributed by atoms with Crippen molar-refractivity contribution >= 4 is 12.3 Å². The van der Waals surface area contributed by atoms with Gasteiger partial charge in [0.2, 0.25) is 0 Å². The molecule has 1 aromatic carbocycles. The van der Waals surface area contributed by atoms with E-state index in [1.54, 1.807) is 0 Å². The van der Waals surface area contributed by atoms with E-state index in [2.05, 4.69) is 9.89 Å². The first-order chi connectivity index (χ1) is 7.24. The van der Waals surface area contributed by atoms with Gasteiger partial charge in [-0.05, 0) is 5.56 Å². The third kappa shape index (κ3) is 3.68. The third-order valence-electron chi connectivity index (χ3n) is 1.88. The zero-order chi connectivity index (χ0) is 11.1. The van der Waals surface area contributed by atoms with E-state index >= 15 is 0 Å². The molecule has 5 nitrogen and oxygen atoms in total. The highest BCUT2D eigenvalue weighted by Crippen LogP contribution is 2.13. The van der Waals surface area contributed by atoms with Crippen LogP contribution in [0.2, 0.25) is 0 Å². The van der Waals surface area contributed by atoms with Gasteiger partial charge in [0.15, 0.2) is 0 Å². The van der Waals surface area contributed by atoms with Crippen molar-refractivity contribution in [2.45, 2.75) is 5.92 Å². The van der Waals surface area contributed by atoms with Gasteiger partial charge in [0.25, 0.3) is 0 Å². The van der Waals surface area contributed by atoms with Crippen molar-refractivity contribution in [1.82, 2.24) is 0 Å². The van der Waals surface area contributed by atoms with Gasteiger partial charge < -0.3 is 15.7 Å². The summed E-state index contributed by atoms with van der Waals surface area (Å²) in [7, 11) is 0. The molecule has 15 heavy (non-hydrogen) atoms. The van der Waals surface area contributed by atoms with E-state index in [0.717, 1.165) is 5.56 Å². The van der Waals surface area contributed by atoms with E-state index in [9.17, 15) is 4.79 Å². The summed E-state index contributed by atoms with van der Waals surface area (Å²) in [6, 6.07) is 9.24. The Labute approximate surface area is 87.1 Å². The molecule has 80 valence electrons. The zero-order valence-electron chi connectivity index (χ0n) is 8.04. The lowest BCUT2D eigenvalue weighted by Gasteiger charge is -2.10. The molecule has 3 N–H and O–H groups in total. The number of hydrogen-bond acceptors (Lipinski definition) is 4. The molecule has 0 fully saturated rings. The molecular formula is C10H12N2O3. The van der Waals surface area contributed by atoms with Crippen LogP contribution in [0.5, 0.6) is 0 Å². The predicted molar refractivity (Wildman–Crippen MR) is 55.0 cm³/mol. The number of amides is 1. The predicted octanol–water partition coefficient (Wildman–Crippen LogP) is 1.33. The van der Waals surface area contributed by atoms with Crippen LogP contribution in [0.3, 0.4) is 0 Å². The summed E-state index contributed by atoms with van der Waals surface area (Å²) in [5.74, 6) is -0.288. The highest BCUT2D eigenvalue weighted by atomic mass is 16.5. The normalized spacial score (nSPS) is 12.5. The quantitative estimate of drug-likeness (QED) is 0.444. The molecular weight excluding hydrogens is 196 g/mol. The maximum absolute atomic E-state index is 10.4. The SMILES string of the molecule is NC(=O)OCC(C=NO)c1ccccc1. The molecule has 1 unspecified atom stereocenters. The number of carbonyl (C=O) groups excluding carboxylic acids is 1. The summed E-state index contributed by atoms with van der Waals surface area (Å²) in [6.07, 6.45) is 0.445. The van der Waals surface area contributed by atoms with Crippen molar-refractivity contribution in [2.75, 3.05) is 6.61 Å². The highest BCUT2D eigenvalue weighted by molar-refractivity contribution is 5.69. The smallest absolute Gasteiger partial charge is 0.404 e. The second kappa shape index (κ2) is 5.64. The van der Waals surface area contributed by atoms with Crippen molar-refractivity contribution in [3.8, 4) is 0 Å². The first kappa shape index (κ1) is 11.0. The Balaban J connectivity index is 2.70. The van der Waals surface area contributed by atoms with Crippen LogP contribution in [0.1, 0.15) is 11.5 Å². The first-order valence-corrected chi connectivity index (χ1v) is 4.38. The topological polar surface area (TPSA) is 84.9 Å². The summed E-state index contributed by atoms with van der Waals surface area (Å²) < 4.78 is 4.65. The number of nitrogens with zero attached hydrogens (tertiary/aromatic N) is 1. The number of primary amides is 1. The minimum atomic E-state index is -0.845. The van der Waals surface area contributed by atoms with Crippen LogP contribution in [0.4, 0.5) is 4.79 Å². The highest BCUT2D eigenvalue weighted by Gasteiger charge is 2.10. The standard InChI is InChI=1S/C10H12N2O3/c11-10(13)15-7-9(6-12-14)8-4-2-1-3-5-8/h1-6,9,14H,7H2,(H2,11,13). The molecule has 1 atom stereocenters. The van der Waals surface area contributed by atoms with Crippen LogP contribution in [-0.2, 0) is 4.74 Å². The van der Waals surface area contributed by atoms with Crippen LogP contribution in [0.25, 0.3) is 0 Å². The number of hydrogen-bond donors (Lipinski definition) is 2. The summed E-state index contributed by atoms with van der Waals surface area (Å²) in [5, 5.41) is 11.4. The maximum atomic E-state index is 10.4. The average Bonchev–Trinajstić information content (AvgIpc) is 2.25. The summed E-state index contributed by atoms with van der Waals surface area (Å²) in [4.78, 5) is 10.4. The van der Waals surface area contributed by atoms with Crippen LogP contribution in [0, 0.1) is 0 Å². The number of oxime groups is 1. The van der Waals surface area contributed by atoms with Gasteiger partial charge >= 0.3 is 6.09 Å². The minimum absolute atomic E-state index is 0.0589.